The number of piperidine rings is 1. The first-order valence-electron chi connectivity index (χ1n) is 9.35. The van der Waals surface area contributed by atoms with Gasteiger partial charge in [0.15, 0.2) is 5.96 Å². The number of aliphatic imine (C=N–C) groups is 1. The zero-order chi connectivity index (χ0) is 17.6. The van der Waals surface area contributed by atoms with E-state index in [9.17, 15) is 0 Å². The molecule has 0 amide bonds. The van der Waals surface area contributed by atoms with Gasteiger partial charge in [0, 0.05) is 30.6 Å². The third kappa shape index (κ3) is 5.36. The molecule has 6 heteroatoms. The molecule has 1 fully saturated rings. The maximum Gasteiger partial charge on any atom is 0.191 e. The molecule has 0 bridgehead atoms. The number of hydrogen-bond donors (Lipinski definition) is 2. The predicted octanol–water partition coefficient (Wildman–Crippen LogP) is 3.76. The Morgan fingerprint density at radius 2 is 2.12 bits per heavy atom. The molecule has 1 unspecified atom stereocenters. The smallest absolute Gasteiger partial charge is 0.191 e. The van der Waals surface area contributed by atoms with Crippen LogP contribution in [0.25, 0.3) is 11.0 Å². The van der Waals surface area contributed by atoms with Gasteiger partial charge in [0.2, 0.25) is 0 Å². The van der Waals surface area contributed by atoms with Crippen molar-refractivity contribution in [1.82, 2.24) is 15.5 Å². The lowest BCUT2D eigenvalue weighted by molar-refractivity contribution is 0.210. The third-order valence-corrected chi connectivity index (χ3v) is 4.95. The van der Waals surface area contributed by atoms with Crippen LogP contribution in [0.15, 0.2) is 33.7 Å². The molecule has 2 heterocycles. The molecule has 26 heavy (non-hydrogen) atoms. The van der Waals surface area contributed by atoms with Crippen molar-refractivity contribution >= 4 is 40.9 Å². The monoisotopic (exact) mass is 470 g/mol. The summed E-state index contributed by atoms with van der Waals surface area (Å²) in [7, 11) is 2.20. The first-order valence-corrected chi connectivity index (χ1v) is 9.35. The van der Waals surface area contributed by atoms with E-state index in [1.54, 1.807) is 0 Å². The fraction of sp³-hybridized carbons (Fsp3) is 0.550. The number of hydrogen-bond acceptors (Lipinski definition) is 3. The Morgan fingerprint density at radius 3 is 2.85 bits per heavy atom. The molecule has 1 atom stereocenters. The Bertz CT molecular complexity index is 728. The van der Waals surface area contributed by atoms with Crippen molar-refractivity contribution in [3.8, 4) is 0 Å². The van der Waals surface area contributed by atoms with E-state index < -0.39 is 0 Å². The number of rotatable bonds is 5. The predicted molar refractivity (Wildman–Crippen MR) is 119 cm³/mol. The number of furan rings is 1. The Labute approximate surface area is 173 Å². The molecular formula is C20H31IN4O. The highest BCUT2D eigenvalue weighted by atomic mass is 127. The molecule has 1 aliphatic rings. The fourth-order valence-corrected chi connectivity index (χ4v) is 3.55. The molecule has 1 aliphatic heterocycles. The van der Waals surface area contributed by atoms with Crippen molar-refractivity contribution in [2.45, 2.75) is 33.2 Å². The Kier molecular flexibility index (Phi) is 8.21. The molecule has 0 spiro atoms. The number of nitrogens with zero attached hydrogens (tertiary/aromatic N) is 2. The SMILES string of the molecule is CCNC(=NCc1oc2ccccc2c1C)NCC1CCCN(C)C1.I. The minimum atomic E-state index is 0. The highest BCUT2D eigenvalue weighted by Crippen LogP contribution is 2.25. The molecular weight excluding hydrogens is 439 g/mol. The van der Waals surface area contributed by atoms with E-state index in [1.807, 2.05) is 18.2 Å². The van der Waals surface area contributed by atoms with Crippen molar-refractivity contribution in [2.24, 2.45) is 10.9 Å². The second-order valence-corrected chi connectivity index (χ2v) is 6.99. The van der Waals surface area contributed by atoms with E-state index in [2.05, 4.69) is 42.5 Å². The molecule has 1 aromatic carbocycles. The van der Waals surface area contributed by atoms with Crippen LogP contribution in [-0.4, -0.2) is 44.1 Å². The number of aryl methyl sites for hydroxylation is 1. The largest absolute Gasteiger partial charge is 0.459 e. The van der Waals surface area contributed by atoms with Crippen LogP contribution in [0.4, 0.5) is 0 Å². The minimum Gasteiger partial charge on any atom is -0.459 e. The highest BCUT2D eigenvalue weighted by Gasteiger charge is 2.17. The van der Waals surface area contributed by atoms with Crippen molar-refractivity contribution in [2.75, 3.05) is 33.2 Å². The van der Waals surface area contributed by atoms with Gasteiger partial charge in [0.05, 0.1) is 0 Å². The topological polar surface area (TPSA) is 52.8 Å². The maximum absolute atomic E-state index is 5.97. The van der Waals surface area contributed by atoms with Gasteiger partial charge in [0.25, 0.3) is 0 Å². The fourth-order valence-electron chi connectivity index (χ4n) is 3.55. The van der Waals surface area contributed by atoms with E-state index in [4.69, 9.17) is 9.41 Å². The van der Waals surface area contributed by atoms with Gasteiger partial charge in [-0.05, 0) is 52.3 Å². The van der Waals surface area contributed by atoms with Crippen LogP contribution in [0.2, 0.25) is 0 Å². The van der Waals surface area contributed by atoms with Gasteiger partial charge in [-0.1, -0.05) is 18.2 Å². The van der Waals surface area contributed by atoms with Crippen LogP contribution >= 0.6 is 24.0 Å². The van der Waals surface area contributed by atoms with Gasteiger partial charge < -0.3 is 20.0 Å². The van der Waals surface area contributed by atoms with Crippen LogP contribution in [0.3, 0.4) is 0 Å². The number of halogens is 1. The van der Waals surface area contributed by atoms with Gasteiger partial charge >= 0.3 is 0 Å². The highest BCUT2D eigenvalue weighted by molar-refractivity contribution is 14.0. The summed E-state index contributed by atoms with van der Waals surface area (Å²) in [6.07, 6.45) is 2.58. The molecule has 144 valence electrons. The van der Waals surface area contributed by atoms with E-state index >= 15 is 0 Å². The molecule has 2 aromatic rings. The summed E-state index contributed by atoms with van der Waals surface area (Å²) in [6.45, 7) is 8.96. The second-order valence-electron chi connectivity index (χ2n) is 6.99. The van der Waals surface area contributed by atoms with Crippen LogP contribution < -0.4 is 10.6 Å². The molecule has 1 aromatic heterocycles. The first kappa shape index (κ1) is 21.0. The van der Waals surface area contributed by atoms with Crippen LogP contribution in [0.1, 0.15) is 31.1 Å². The quantitative estimate of drug-likeness (QED) is 0.397. The van der Waals surface area contributed by atoms with Crippen LogP contribution in [0.5, 0.6) is 0 Å². The number of benzene rings is 1. The summed E-state index contributed by atoms with van der Waals surface area (Å²) < 4.78 is 5.97. The Morgan fingerprint density at radius 1 is 1.31 bits per heavy atom. The lowest BCUT2D eigenvalue weighted by Gasteiger charge is -2.30. The average molecular weight is 470 g/mol. The van der Waals surface area contributed by atoms with Crippen LogP contribution in [-0.2, 0) is 6.54 Å². The third-order valence-electron chi connectivity index (χ3n) is 4.95. The summed E-state index contributed by atoms with van der Waals surface area (Å²) in [5.74, 6) is 2.50. The first-order chi connectivity index (χ1) is 12.2. The summed E-state index contributed by atoms with van der Waals surface area (Å²) in [4.78, 5) is 7.14. The van der Waals surface area contributed by atoms with Crippen molar-refractivity contribution in [3.05, 3.63) is 35.6 Å². The van der Waals surface area contributed by atoms with Gasteiger partial charge in [-0.2, -0.15) is 0 Å². The molecule has 0 radical (unpaired) electrons. The summed E-state index contributed by atoms with van der Waals surface area (Å²) in [6, 6.07) is 8.17. The van der Waals surface area contributed by atoms with E-state index in [-0.39, 0.29) is 24.0 Å². The number of fused-ring (bicyclic) bond motifs is 1. The number of likely N-dealkylation sites (tertiary alicyclic amines) is 1. The van der Waals surface area contributed by atoms with Gasteiger partial charge in [-0.3, -0.25) is 0 Å². The number of para-hydroxylation sites is 1. The van der Waals surface area contributed by atoms with E-state index in [0.29, 0.717) is 12.5 Å². The molecule has 2 N–H and O–H groups in total. The summed E-state index contributed by atoms with van der Waals surface area (Å²) in [5, 5.41) is 8.02. The minimum absolute atomic E-state index is 0. The van der Waals surface area contributed by atoms with Crippen molar-refractivity contribution in [3.63, 3.8) is 0 Å². The lowest BCUT2D eigenvalue weighted by atomic mass is 9.99. The standard InChI is InChI=1S/C20H30N4O.HI/c1-4-21-20(22-12-16-8-7-11-24(3)14-16)23-13-19-15(2)17-9-5-6-10-18(17)25-19;/h5-6,9-10,16H,4,7-8,11-14H2,1-3H3,(H2,21,22,23);1H. The van der Waals surface area contributed by atoms with Crippen molar-refractivity contribution < 1.29 is 4.42 Å². The van der Waals surface area contributed by atoms with Crippen molar-refractivity contribution in [1.29, 1.82) is 0 Å². The van der Waals surface area contributed by atoms with Gasteiger partial charge in [-0.15, -0.1) is 24.0 Å². The zero-order valence-electron chi connectivity index (χ0n) is 16.0. The molecule has 3 rings (SSSR count). The summed E-state index contributed by atoms with van der Waals surface area (Å²) in [5.41, 5.74) is 2.12. The van der Waals surface area contributed by atoms with Crippen LogP contribution in [0, 0.1) is 12.8 Å². The number of nitrogens with one attached hydrogen (secondary N) is 2. The number of guanidine groups is 1. The molecule has 0 saturated carbocycles. The zero-order valence-corrected chi connectivity index (χ0v) is 18.4. The Hall–Kier alpha value is -1.28. The second kappa shape index (κ2) is 10.2. The molecule has 0 aliphatic carbocycles. The Balaban J connectivity index is 0.00000243. The average Bonchev–Trinajstić information content (AvgIpc) is 2.94. The normalized spacial score (nSPS) is 18.6. The molecule has 1 saturated heterocycles. The van der Waals surface area contributed by atoms with E-state index in [0.717, 1.165) is 36.9 Å². The maximum atomic E-state index is 5.97. The van der Waals surface area contributed by atoms with E-state index in [1.165, 1.54) is 30.3 Å². The molecule has 5 nitrogen and oxygen atoms in total. The summed E-state index contributed by atoms with van der Waals surface area (Å²) >= 11 is 0. The lowest BCUT2D eigenvalue weighted by Crippen LogP contribution is -2.43. The van der Waals surface area contributed by atoms with Gasteiger partial charge in [-0.25, -0.2) is 4.99 Å². The van der Waals surface area contributed by atoms with Gasteiger partial charge in [0.1, 0.15) is 17.9 Å².